The van der Waals surface area contributed by atoms with E-state index in [0.29, 0.717) is 12.5 Å². The Bertz CT molecular complexity index is 359. The van der Waals surface area contributed by atoms with Crippen molar-refractivity contribution in [3.63, 3.8) is 0 Å². The molecule has 1 aromatic rings. The van der Waals surface area contributed by atoms with E-state index in [9.17, 15) is 4.79 Å². The topological polar surface area (TPSA) is 59.0 Å². The van der Waals surface area contributed by atoms with Crippen LogP contribution in [0.1, 0.15) is 40.2 Å². The second-order valence-corrected chi connectivity index (χ2v) is 4.51. The first-order valence-corrected chi connectivity index (χ1v) is 6.10. The molecule has 5 nitrogen and oxygen atoms in total. The van der Waals surface area contributed by atoms with Gasteiger partial charge in [-0.2, -0.15) is 5.10 Å². The van der Waals surface area contributed by atoms with Crippen LogP contribution in [0.15, 0.2) is 12.4 Å². The van der Waals surface area contributed by atoms with E-state index in [0.717, 1.165) is 12.2 Å². The monoisotopic (exact) mass is 238 g/mol. The molecule has 1 rings (SSSR count). The van der Waals surface area contributed by atoms with Crippen LogP contribution in [0.4, 0.5) is 5.69 Å². The molecule has 0 aliphatic rings. The van der Waals surface area contributed by atoms with Crippen LogP contribution in [-0.4, -0.2) is 28.3 Å². The maximum Gasteiger partial charge on any atom is 0.226 e. The molecule has 1 unspecified atom stereocenters. The molecule has 1 heterocycles. The number of carbonyl (C=O) groups excluding carboxylic acids is 1. The Morgan fingerprint density at radius 2 is 2.18 bits per heavy atom. The minimum Gasteiger partial charge on any atom is -0.323 e. The van der Waals surface area contributed by atoms with Crippen LogP contribution in [0, 0.1) is 0 Å². The third kappa shape index (κ3) is 4.56. The second kappa shape index (κ2) is 6.39. The Kier molecular flexibility index (Phi) is 5.15. The van der Waals surface area contributed by atoms with Crippen molar-refractivity contribution in [1.29, 1.82) is 0 Å². The Morgan fingerprint density at radius 3 is 2.71 bits per heavy atom. The Balaban J connectivity index is 2.44. The molecular weight excluding hydrogens is 216 g/mol. The lowest BCUT2D eigenvalue weighted by Crippen LogP contribution is -2.30. The first-order valence-electron chi connectivity index (χ1n) is 6.10. The molecule has 0 aliphatic carbocycles. The standard InChI is InChI=1S/C12H22N4O/c1-5-13-10(4)6-12(17)15-11-7-14-16(8-11)9(2)3/h7-10,13H,5-6H2,1-4H3,(H,15,17). The van der Waals surface area contributed by atoms with Gasteiger partial charge in [0.1, 0.15) is 0 Å². The van der Waals surface area contributed by atoms with Gasteiger partial charge in [0.05, 0.1) is 11.9 Å². The van der Waals surface area contributed by atoms with Crippen molar-refractivity contribution in [2.75, 3.05) is 11.9 Å². The van der Waals surface area contributed by atoms with Crippen molar-refractivity contribution in [3.8, 4) is 0 Å². The number of hydrogen-bond acceptors (Lipinski definition) is 3. The molecule has 5 heteroatoms. The van der Waals surface area contributed by atoms with Gasteiger partial charge in [0.15, 0.2) is 0 Å². The van der Waals surface area contributed by atoms with Crippen molar-refractivity contribution in [2.24, 2.45) is 0 Å². The van der Waals surface area contributed by atoms with Gasteiger partial charge in [-0.05, 0) is 27.3 Å². The minimum atomic E-state index is 0.0155. The van der Waals surface area contributed by atoms with Crippen molar-refractivity contribution >= 4 is 11.6 Å². The normalized spacial score (nSPS) is 12.8. The summed E-state index contributed by atoms with van der Waals surface area (Å²) in [6.07, 6.45) is 4.00. The Hall–Kier alpha value is -1.36. The number of nitrogens with one attached hydrogen (secondary N) is 2. The number of amides is 1. The summed E-state index contributed by atoms with van der Waals surface area (Å²) >= 11 is 0. The van der Waals surface area contributed by atoms with E-state index < -0.39 is 0 Å². The molecule has 1 atom stereocenters. The third-order valence-corrected chi connectivity index (χ3v) is 2.46. The van der Waals surface area contributed by atoms with Crippen LogP contribution in [0.25, 0.3) is 0 Å². The molecule has 0 fully saturated rings. The van der Waals surface area contributed by atoms with Gasteiger partial charge >= 0.3 is 0 Å². The predicted octanol–water partition coefficient (Wildman–Crippen LogP) is 1.79. The summed E-state index contributed by atoms with van der Waals surface area (Å²) in [5.74, 6) is 0.0155. The molecule has 0 radical (unpaired) electrons. The highest BCUT2D eigenvalue weighted by Crippen LogP contribution is 2.10. The van der Waals surface area contributed by atoms with Crippen molar-refractivity contribution < 1.29 is 4.79 Å². The lowest BCUT2D eigenvalue weighted by atomic mass is 10.2. The van der Waals surface area contributed by atoms with E-state index in [4.69, 9.17) is 0 Å². The van der Waals surface area contributed by atoms with Crippen LogP contribution in [0.5, 0.6) is 0 Å². The van der Waals surface area contributed by atoms with E-state index in [1.807, 2.05) is 38.6 Å². The summed E-state index contributed by atoms with van der Waals surface area (Å²) in [5.41, 5.74) is 0.757. The molecule has 0 aromatic carbocycles. The van der Waals surface area contributed by atoms with E-state index >= 15 is 0 Å². The van der Waals surface area contributed by atoms with Gasteiger partial charge in [-0.25, -0.2) is 0 Å². The molecule has 2 N–H and O–H groups in total. The van der Waals surface area contributed by atoms with Gasteiger partial charge in [-0.1, -0.05) is 6.92 Å². The molecular formula is C12H22N4O. The number of anilines is 1. The number of rotatable bonds is 6. The highest BCUT2D eigenvalue weighted by Gasteiger charge is 2.09. The smallest absolute Gasteiger partial charge is 0.226 e. The quantitative estimate of drug-likeness (QED) is 0.794. The second-order valence-electron chi connectivity index (χ2n) is 4.51. The number of hydrogen-bond donors (Lipinski definition) is 2. The van der Waals surface area contributed by atoms with Gasteiger partial charge in [-0.3, -0.25) is 9.48 Å². The molecule has 0 saturated carbocycles. The zero-order chi connectivity index (χ0) is 12.8. The van der Waals surface area contributed by atoms with Crippen molar-refractivity contribution in [3.05, 3.63) is 12.4 Å². The summed E-state index contributed by atoms with van der Waals surface area (Å²) < 4.78 is 1.82. The van der Waals surface area contributed by atoms with Crippen LogP contribution in [-0.2, 0) is 4.79 Å². The molecule has 0 saturated heterocycles. The first kappa shape index (κ1) is 13.7. The lowest BCUT2D eigenvalue weighted by molar-refractivity contribution is -0.116. The highest BCUT2D eigenvalue weighted by atomic mass is 16.1. The third-order valence-electron chi connectivity index (χ3n) is 2.46. The van der Waals surface area contributed by atoms with Crippen LogP contribution in [0.2, 0.25) is 0 Å². The molecule has 0 bridgehead atoms. The fourth-order valence-corrected chi connectivity index (χ4v) is 1.60. The van der Waals surface area contributed by atoms with Gasteiger partial charge < -0.3 is 10.6 Å². The average Bonchev–Trinajstić information content (AvgIpc) is 2.66. The number of nitrogens with zero attached hydrogens (tertiary/aromatic N) is 2. The largest absolute Gasteiger partial charge is 0.323 e. The molecule has 1 amide bonds. The van der Waals surface area contributed by atoms with Crippen LogP contribution < -0.4 is 10.6 Å². The average molecular weight is 238 g/mol. The van der Waals surface area contributed by atoms with Gasteiger partial charge in [0.25, 0.3) is 0 Å². The van der Waals surface area contributed by atoms with Crippen LogP contribution in [0.3, 0.4) is 0 Å². The maximum atomic E-state index is 11.7. The Morgan fingerprint density at radius 1 is 1.47 bits per heavy atom. The van der Waals surface area contributed by atoms with Gasteiger partial charge in [-0.15, -0.1) is 0 Å². The highest BCUT2D eigenvalue weighted by molar-refractivity contribution is 5.90. The van der Waals surface area contributed by atoms with E-state index in [1.165, 1.54) is 0 Å². The van der Waals surface area contributed by atoms with Gasteiger partial charge in [0, 0.05) is 24.7 Å². The fraction of sp³-hybridized carbons (Fsp3) is 0.667. The number of aromatic nitrogens is 2. The molecule has 0 spiro atoms. The molecule has 1 aromatic heterocycles. The fourth-order valence-electron chi connectivity index (χ4n) is 1.60. The summed E-state index contributed by atoms with van der Waals surface area (Å²) in [4.78, 5) is 11.7. The lowest BCUT2D eigenvalue weighted by Gasteiger charge is -2.11. The van der Waals surface area contributed by atoms with Gasteiger partial charge in [0.2, 0.25) is 5.91 Å². The maximum absolute atomic E-state index is 11.7. The van der Waals surface area contributed by atoms with E-state index in [2.05, 4.69) is 15.7 Å². The first-order chi connectivity index (χ1) is 8.02. The SMILES string of the molecule is CCNC(C)CC(=O)Nc1cnn(C(C)C)c1. The van der Waals surface area contributed by atoms with Crippen LogP contribution >= 0.6 is 0 Å². The summed E-state index contributed by atoms with van der Waals surface area (Å²) in [6, 6.07) is 0.501. The molecule has 0 aliphatic heterocycles. The van der Waals surface area contributed by atoms with Crippen molar-refractivity contribution in [2.45, 2.75) is 46.2 Å². The summed E-state index contributed by atoms with van der Waals surface area (Å²) in [7, 11) is 0. The van der Waals surface area contributed by atoms with Crippen molar-refractivity contribution in [1.82, 2.24) is 15.1 Å². The van der Waals surface area contributed by atoms with E-state index in [1.54, 1.807) is 6.20 Å². The van der Waals surface area contributed by atoms with E-state index in [-0.39, 0.29) is 11.9 Å². The number of carbonyl (C=O) groups is 1. The summed E-state index contributed by atoms with van der Waals surface area (Å²) in [6.45, 7) is 9.00. The zero-order valence-electron chi connectivity index (χ0n) is 11.0. The minimum absolute atomic E-state index is 0.0155. The predicted molar refractivity (Wildman–Crippen MR) is 69.0 cm³/mol. The Labute approximate surface area is 103 Å². The zero-order valence-corrected chi connectivity index (χ0v) is 11.0. The molecule has 96 valence electrons. The summed E-state index contributed by atoms with van der Waals surface area (Å²) in [5, 5.41) is 10.2. The molecule has 17 heavy (non-hydrogen) atoms.